The summed E-state index contributed by atoms with van der Waals surface area (Å²) in [5.41, 5.74) is 1.99. The summed E-state index contributed by atoms with van der Waals surface area (Å²) in [7, 11) is 2.00. The number of halogens is 1. The van der Waals surface area contributed by atoms with Gasteiger partial charge in [-0.05, 0) is 44.0 Å². The maximum Gasteiger partial charge on any atom is 0.126 e. The Morgan fingerprint density at radius 3 is 2.71 bits per heavy atom. The number of aromatic nitrogens is 2. The highest BCUT2D eigenvalue weighted by Gasteiger charge is 2.15. The number of fused-ring (bicyclic) bond motifs is 1. The lowest BCUT2D eigenvalue weighted by molar-refractivity contribution is 0.115. The van der Waals surface area contributed by atoms with Gasteiger partial charge in [0.1, 0.15) is 5.82 Å². The van der Waals surface area contributed by atoms with E-state index in [0.29, 0.717) is 5.92 Å². The molecule has 2 aromatic rings. The standard InChI is InChI=1S/C16H24ClN3O/c1-10(2)15(21)7-8-18-11(3)16-19-13-6-5-12(17)9-14(13)20(16)4/h5-6,9-11,15,18,21H,7-8H2,1-4H3. The van der Waals surface area contributed by atoms with E-state index in [2.05, 4.69) is 21.8 Å². The summed E-state index contributed by atoms with van der Waals surface area (Å²) >= 11 is 6.04. The number of rotatable bonds is 6. The van der Waals surface area contributed by atoms with E-state index >= 15 is 0 Å². The summed E-state index contributed by atoms with van der Waals surface area (Å²) in [5.74, 6) is 1.27. The molecule has 0 bridgehead atoms. The van der Waals surface area contributed by atoms with Crippen LogP contribution in [0.1, 0.15) is 39.1 Å². The van der Waals surface area contributed by atoms with Gasteiger partial charge in [0, 0.05) is 12.1 Å². The predicted molar refractivity (Wildman–Crippen MR) is 87.6 cm³/mol. The van der Waals surface area contributed by atoms with Crippen LogP contribution < -0.4 is 5.32 Å². The third-order valence-corrected chi connectivity index (χ3v) is 4.16. The lowest BCUT2D eigenvalue weighted by atomic mass is 10.0. The van der Waals surface area contributed by atoms with Gasteiger partial charge in [-0.2, -0.15) is 0 Å². The molecular formula is C16H24ClN3O. The van der Waals surface area contributed by atoms with Crippen LogP contribution in [0.2, 0.25) is 5.02 Å². The molecular weight excluding hydrogens is 286 g/mol. The first-order valence-corrected chi connectivity index (χ1v) is 7.81. The molecule has 2 N–H and O–H groups in total. The summed E-state index contributed by atoms with van der Waals surface area (Å²) in [4.78, 5) is 4.67. The molecule has 2 atom stereocenters. The highest BCUT2D eigenvalue weighted by molar-refractivity contribution is 6.31. The summed E-state index contributed by atoms with van der Waals surface area (Å²) in [5, 5.41) is 14.0. The molecule has 0 fully saturated rings. The fraction of sp³-hybridized carbons (Fsp3) is 0.562. The van der Waals surface area contributed by atoms with Crippen molar-refractivity contribution in [2.45, 2.75) is 39.3 Å². The van der Waals surface area contributed by atoms with Crippen LogP contribution in [0.25, 0.3) is 11.0 Å². The zero-order valence-corrected chi connectivity index (χ0v) is 13.9. The van der Waals surface area contributed by atoms with Gasteiger partial charge in [-0.15, -0.1) is 0 Å². The molecule has 0 saturated carbocycles. The molecule has 5 heteroatoms. The molecule has 1 aromatic heterocycles. The van der Waals surface area contributed by atoms with Crippen molar-refractivity contribution >= 4 is 22.6 Å². The minimum absolute atomic E-state index is 0.125. The Labute approximate surface area is 131 Å². The third-order valence-electron chi connectivity index (χ3n) is 3.92. The second kappa shape index (κ2) is 6.77. The average Bonchev–Trinajstić information content (AvgIpc) is 2.75. The average molecular weight is 310 g/mol. The first-order valence-electron chi connectivity index (χ1n) is 7.43. The van der Waals surface area contributed by atoms with Crippen molar-refractivity contribution in [1.29, 1.82) is 0 Å². The van der Waals surface area contributed by atoms with Gasteiger partial charge in [-0.25, -0.2) is 4.98 Å². The van der Waals surface area contributed by atoms with Gasteiger partial charge in [-0.3, -0.25) is 0 Å². The fourth-order valence-electron chi connectivity index (χ4n) is 2.44. The number of imidazole rings is 1. The lowest BCUT2D eigenvalue weighted by Crippen LogP contribution is -2.27. The van der Waals surface area contributed by atoms with E-state index in [1.165, 1.54) is 0 Å². The molecule has 0 radical (unpaired) electrons. The Morgan fingerprint density at radius 2 is 2.05 bits per heavy atom. The summed E-state index contributed by atoms with van der Waals surface area (Å²) in [6.45, 7) is 6.92. The molecule has 0 aliphatic rings. The van der Waals surface area contributed by atoms with Gasteiger partial charge in [0.05, 0.1) is 23.2 Å². The minimum Gasteiger partial charge on any atom is -0.393 e. The van der Waals surface area contributed by atoms with Crippen LogP contribution in [-0.4, -0.2) is 27.3 Å². The van der Waals surface area contributed by atoms with E-state index in [9.17, 15) is 5.11 Å². The fourth-order valence-corrected chi connectivity index (χ4v) is 2.61. The zero-order valence-electron chi connectivity index (χ0n) is 13.1. The van der Waals surface area contributed by atoms with Crippen LogP contribution in [0.15, 0.2) is 18.2 Å². The second-order valence-corrected chi connectivity index (χ2v) is 6.37. The van der Waals surface area contributed by atoms with Crippen LogP contribution in [0.3, 0.4) is 0 Å². The van der Waals surface area contributed by atoms with Crippen molar-refractivity contribution < 1.29 is 5.11 Å². The molecule has 116 valence electrons. The molecule has 2 rings (SSSR count). The van der Waals surface area contributed by atoms with Gasteiger partial charge in [0.15, 0.2) is 0 Å². The van der Waals surface area contributed by atoms with Crippen molar-refractivity contribution in [1.82, 2.24) is 14.9 Å². The normalized spacial score (nSPS) is 14.8. The predicted octanol–water partition coefficient (Wildman–Crippen LogP) is 3.28. The van der Waals surface area contributed by atoms with Gasteiger partial charge in [-0.1, -0.05) is 25.4 Å². The van der Waals surface area contributed by atoms with E-state index < -0.39 is 0 Å². The first kappa shape index (κ1) is 16.3. The van der Waals surface area contributed by atoms with Gasteiger partial charge in [0.25, 0.3) is 0 Å². The summed E-state index contributed by atoms with van der Waals surface area (Å²) < 4.78 is 2.07. The molecule has 4 nitrogen and oxygen atoms in total. The van der Waals surface area contributed by atoms with E-state index in [0.717, 1.165) is 34.8 Å². The van der Waals surface area contributed by atoms with Crippen molar-refractivity contribution in [2.24, 2.45) is 13.0 Å². The van der Waals surface area contributed by atoms with Gasteiger partial charge in [0.2, 0.25) is 0 Å². The summed E-state index contributed by atoms with van der Waals surface area (Å²) in [6, 6.07) is 5.86. The summed E-state index contributed by atoms with van der Waals surface area (Å²) in [6.07, 6.45) is 0.488. The minimum atomic E-state index is -0.260. The van der Waals surface area contributed by atoms with E-state index in [1.807, 2.05) is 39.1 Å². The topological polar surface area (TPSA) is 50.1 Å². The van der Waals surface area contributed by atoms with Crippen molar-refractivity contribution in [3.63, 3.8) is 0 Å². The number of hydrogen-bond acceptors (Lipinski definition) is 3. The van der Waals surface area contributed by atoms with Gasteiger partial charge < -0.3 is 15.0 Å². The number of aryl methyl sites for hydroxylation is 1. The molecule has 0 aliphatic carbocycles. The number of aliphatic hydroxyl groups excluding tert-OH is 1. The Balaban J connectivity index is 2.06. The molecule has 1 heterocycles. The number of benzene rings is 1. The van der Waals surface area contributed by atoms with Crippen molar-refractivity contribution in [2.75, 3.05) is 6.54 Å². The number of nitrogens with one attached hydrogen (secondary N) is 1. The van der Waals surface area contributed by atoms with Crippen LogP contribution in [-0.2, 0) is 7.05 Å². The van der Waals surface area contributed by atoms with Crippen molar-refractivity contribution in [3.05, 3.63) is 29.0 Å². The number of aliphatic hydroxyl groups is 1. The maximum absolute atomic E-state index is 9.83. The highest BCUT2D eigenvalue weighted by Crippen LogP contribution is 2.22. The largest absolute Gasteiger partial charge is 0.393 e. The van der Waals surface area contributed by atoms with Crippen LogP contribution in [0.5, 0.6) is 0 Å². The lowest BCUT2D eigenvalue weighted by Gasteiger charge is -2.17. The van der Waals surface area contributed by atoms with E-state index in [1.54, 1.807) is 0 Å². The highest BCUT2D eigenvalue weighted by atomic mass is 35.5. The Bertz CT molecular complexity index is 609. The third kappa shape index (κ3) is 3.76. The number of nitrogens with zero attached hydrogens (tertiary/aromatic N) is 2. The van der Waals surface area contributed by atoms with E-state index in [-0.39, 0.29) is 12.1 Å². The quantitative estimate of drug-likeness (QED) is 0.861. The molecule has 21 heavy (non-hydrogen) atoms. The molecule has 0 spiro atoms. The Hall–Kier alpha value is -1.10. The SMILES string of the molecule is CC(NCCC(O)C(C)C)c1nc2ccc(Cl)cc2n1C. The molecule has 1 aromatic carbocycles. The first-order chi connectivity index (χ1) is 9.90. The van der Waals surface area contributed by atoms with Crippen LogP contribution >= 0.6 is 11.6 Å². The maximum atomic E-state index is 9.83. The number of hydrogen-bond donors (Lipinski definition) is 2. The van der Waals surface area contributed by atoms with Crippen LogP contribution in [0.4, 0.5) is 0 Å². The van der Waals surface area contributed by atoms with Crippen LogP contribution in [0, 0.1) is 5.92 Å². The monoisotopic (exact) mass is 309 g/mol. The zero-order chi connectivity index (χ0) is 15.6. The smallest absolute Gasteiger partial charge is 0.126 e. The Kier molecular flexibility index (Phi) is 5.25. The Morgan fingerprint density at radius 1 is 1.33 bits per heavy atom. The van der Waals surface area contributed by atoms with Gasteiger partial charge >= 0.3 is 0 Å². The molecule has 0 saturated heterocycles. The van der Waals surface area contributed by atoms with Crippen molar-refractivity contribution in [3.8, 4) is 0 Å². The second-order valence-electron chi connectivity index (χ2n) is 5.94. The molecule has 0 aliphatic heterocycles. The van der Waals surface area contributed by atoms with E-state index in [4.69, 9.17) is 11.6 Å². The molecule has 2 unspecified atom stereocenters. The molecule has 0 amide bonds.